The van der Waals surface area contributed by atoms with Crippen molar-refractivity contribution in [2.24, 2.45) is 4.99 Å². The van der Waals surface area contributed by atoms with E-state index in [4.69, 9.17) is 16.3 Å². The number of rotatable bonds is 7. The minimum Gasteiger partial charge on any atom is -0.375 e. The van der Waals surface area contributed by atoms with Gasteiger partial charge in [0.1, 0.15) is 0 Å². The van der Waals surface area contributed by atoms with Gasteiger partial charge in [-0.1, -0.05) is 29.8 Å². The summed E-state index contributed by atoms with van der Waals surface area (Å²) in [4.78, 5) is 5.60. The van der Waals surface area contributed by atoms with Gasteiger partial charge >= 0.3 is 0 Å². The number of benzene rings is 1. The van der Waals surface area contributed by atoms with Crippen LogP contribution in [0.1, 0.15) is 16.5 Å². The molecule has 0 fully saturated rings. The van der Waals surface area contributed by atoms with Gasteiger partial charge in [-0.3, -0.25) is 4.99 Å². The largest absolute Gasteiger partial charge is 0.375 e. The number of guanidine groups is 1. The molecule has 0 radical (unpaired) electrons. The predicted octanol–water partition coefficient (Wildman–Crippen LogP) is 4.11. The average Bonchev–Trinajstić information content (AvgIpc) is 3.07. The molecule has 0 amide bonds. The summed E-state index contributed by atoms with van der Waals surface area (Å²) < 4.78 is 5.55. The Balaban J connectivity index is 0.00000288. The van der Waals surface area contributed by atoms with E-state index in [9.17, 15) is 0 Å². The third kappa shape index (κ3) is 6.96. The zero-order chi connectivity index (χ0) is 16.5. The minimum absolute atomic E-state index is 0. The fraction of sp³-hybridized carbons (Fsp3) is 0.353. The highest BCUT2D eigenvalue weighted by Gasteiger charge is 2.11. The van der Waals surface area contributed by atoms with Crippen LogP contribution in [0.15, 0.2) is 46.8 Å². The number of thiophene rings is 1. The molecule has 0 bridgehead atoms. The smallest absolute Gasteiger partial charge is 0.191 e. The predicted molar refractivity (Wildman–Crippen MR) is 114 cm³/mol. The van der Waals surface area contributed by atoms with Crippen molar-refractivity contribution in [3.8, 4) is 0 Å². The molecule has 0 saturated heterocycles. The van der Waals surface area contributed by atoms with Gasteiger partial charge in [-0.15, -0.1) is 35.3 Å². The summed E-state index contributed by atoms with van der Waals surface area (Å²) in [6, 6.07) is 11.9. The normalized spacial score (nSPS) is 12.4. The second-order valence-electron chi connectivity index (χ2n) is 4.99. The van der Waals surface area contributed by atoms with Gasteiger partial charge in [0.2, 0.25) is 0 Å². The first-order chi connectivity index (χ1) is 11.2. The maximum absolute atomic E-state index is 6.04. The fourth-order valence-electron chi connectivity index (χ4n) is 2.21. The summed E-state index contributed by atoms with van der Waals surface area (Å²) in [6.07, 6.45) is 0.907. The summed E-state index contributed by atoms with van der Waals surface area (Å²) in [5, 5.41) is 9.41. The van der Waals surface area contributed by atoms with Crippen LogP contribution in [0.2, 0.25) is 5.02 Å². The van der Waals surface area contributed by atoms with Crippen LogP contribution in [0, 0.1) is 0 Å². The molecule has 2 aromatic rings. The molecule has 1 aromatic heterocycles. The highest BCUT2D eigenvalue weighted by atomic mass is 127. The molecule has 0 spiro atoms. The lowest BCUT2D eigenvalue weighted by molar-refractivity contribution is 0.106. The Morgan fingerprint density at radius 2 is 2.12 bits per heavy atom. The van der Waals surface area contributed by atoms with Crippen LogP contribution in [0.3, 0.4) is 0 Å². The van der Waals surface area contributed by atoms with E-state index in [1.54, 1.807) is 25.5 Å². The Labute approximate surface area is 169 Å². The molecule has 1 aromatic carbocycles. The van der Waals surface area contributed by atoms with Gasteiger partial charge in [0.15, 0.2) is 5.96 Å². The lowest BCUT2D eigenvalue weighted by atomic mass is 10.1. The van der Waals surface area contributed by atoms with Crippen molar-refractivity contribution in [1.29, 1.82) is 0 Å². The molecule has 7 heteroatoms. The molecule has 0 saturated carbocycles. The van der Waals surface area contributed by atoms with E-state index in [1.165, 1.54) is 4.88 Å². The monoisotopic (exact) mass is 479 g/mol. The first-order valence-electron chi connectivity index (χ1n) is 7.48. The molecule has 24 heavy (non-hydrogen) atoms. The molecule has 0 aliphatic carbocycles. The topological polar surface area (TPSA) is 45.7 Å². The highest BCUT2D eigenvalue weighted by Crippen LogP contribution is 2.19. The van der Waals surface area contributed by atoms with Crippen LogP contribution in [-0.2, 0) is 11.2 Å². The number of nitrogens with zero attached hydrogens (tertiary/aromatic N) is 1. The Morgan fingerprint density at radius 3 is 2.75 bits per heavy atom. The van der Waals surface area contributed by atoms with Gasteiger partial charge in [-0.2, -0.15) is 0 Å². The number of ether oxygens (including phenoxy) is 1. The molecular weight excluding hydrogens is 457 g/mol. The van der Waals surface area contributed by atoms with Crippen LogP contribution >= 0.6 is 46.9 Å². The number of methoxy groups -OCH3 is 1. The van der Waals surface area contributed by atoms with E-state index in [2.05, 4.69) is 33.1 Å². The Bertz CT molecular complexity index is 622. The number of nitrogens with one attached hydrogen (secondary N) is 2. The van der Waals surface area contributed by atoms with Gasteiger partial charge in [0.25, 0.3) is 0 Å². The standard InChI is InChI=1S/C17H22ClN3OS.HI/c1-19-17(20-9-8-15-7-4-10-23-15)21-12-16(22-2)13-5-3-6-14(18)11-13;/h3-7,10-11,16H,8-9,12H2,1-2H3,(H2,19,20,21);1H. The minimum atomic E-state index is -0.0791. The SMILES string of the molecule is CN=C(NCCc1cccs1)NCC(OC)c1cccc(Cl)c1.I. The summed E-state index contributed by atoms with van der Waals surface area (Å²) in [6.45, 7) is 1.46. The average molecular weight is 480 g/mol. The Kier molecular flexibility index (Phi) is 10.3. The van der Waals surface area contributed by atoms with E-state index in [-0.39, 0.29) is 30.1 Å². The third-order valence-electron chi connectivity index (χ3n) is 3.43. The Hall–Kier alpha value is -0.830. The maximum atomic E-state index is 6.04. The van der Waals surface area contributed by atoms with Crippen LogP contribution in [-0.4, -0.2) is 33.2 Å². The molecule has 1 unspecified atom stereocenters. The quantitative estimate of drug-likeness (QED) is 0.357. The first kappa shape index (κ1) is 21.2. The molecule has 1 heterocycles. The number of aliphatic imine (C=N–C) groups is 1. The molecule has 2 N–H and O–H groups in total. The zero-order valence-corrected chi connectivity index (χ0v) is 17.7. The van der Waals surface area contributed by atoms with Crippen LogP contribution in [0.4, 0.5) is 0 Å². The Morgan fingerprint density at radius 1 is 1.29 bits per heavy atom. The zero-order valence-electron chi connectivity index (χ0n) is 13.8. The molecule has 1 atom stereocenters. The fourth-order valence-corrected chi connectivity index (χ4v) is 3.12. The van der Waals surface area contributed by atoms with E-state index in [0.717, 1.165) is 24.5 Å². The van der Waals surface area contributed by atoms with E-state index < -0.39 is 0 Å². The van der Waals surface area contributed by atoms with Gasteiger partial charge in [0.05, 0.1) is 6.10 Å². The molecule has 0 aliphatic heterocycles. The van der Waals surface area contributed by atoms with E-state index >= 15 is 0 Å². The second kappa shape index (κ2) is 11.7. The molecule has 0 aliphatic rings. The number of halogens is 2. The molecule has 132 valence electrons. The van der Waals surface area contributed by atoms with E-state index in [0.29, 0.717) is 11.6 Å². The van der Waals surface area contributed by atoms with Crippen LogP contribution in [0.5, 0.6) is 0 Å². The van der Waals surface area contributed by atoms with Crippen LogP contribution in [0.25, 0.3) is 0 Å². The van der Waals surface area contributed by atoms with Crippen molar-refractivity contribution < 1.29 is 4.74 Å². The van der Waals surface area contributed by atoms with Gasteiger partial charge in [-0.25, -0.2) is 0 Å². The van der Waals surface area contributed by atoms with Gasteiger partial charge in [-0.05, 0) is 35.6 Å². The summed E-state index contributed by atoms with van der Waals surface area (Å²) in [5.74, 6) is 0.769. The van der Waals surface area contributed by atoms with Gasteiger partial charge < -0.3 is 15.4 Å². The summed E-state index contributed by atoms with van der Waals surface area (Å²) in [7, 11) is 3.46. The maximum Gasteiger partial charge on any atom is 0.191 e. The molecular formula is C17H23ClIN3OS. The van der Waals surface area contributed by atoms with Crippen molar-refractivity contribution in [3.05, 3.63) is 57.2 Å². The van der Waals surface area contributed by atoms with Crippen molar-refractivity contribution in [2.45, 2.75) is 12.5 Å². The summed E-state index contributed by atoms with van der Waals surface area (Å²) >= 11 is 7.81. The second-order valence-corrected chi connectivity index (χ2v) is 6.46. The van der Waals surface area contributed by atoms with Crippen molar-refractivity contribution in [1.82, 2.24) is 10.6 Å². The van der Waals surface area contributed by atoms with Crippen molar-refractivity contribution in [2.75, 3.05) is 27.2 Å². The summed E-state index contributed by atoms with van der Waals surface area (Å²) in [5.41, 5.74) is 1.04. The van der Waals surface area contributed by atoms with Crippen molar-refractivity contribution >= 4 is 52.9 Å². The lowest BCUT2D eigenvalue weighted by Gasteiger charge is -2.19. The van der Waals surface area contributed by atoms with Crippen molar-refractivity contribution in [3.63, 3.8) is 0 Å². The molecule has 2 rings (SSSR count). The van der Waals surface area contributed by atoms with E-state index in [1.807, 2.05) is 24.3 Å². The highest BCUT2D eigenvalue weighted by molar-refractivity contribution is 14.0. The third-order valence-corrected chi connectivity index (χ3v) is 4.60. The first-order valence-corrected chi connectivity index (χ1v) is 8.74. The molecule has 4 nitrogen and oxygen atoms in total. The number of hydrogen-bond acceptors (Lipinski definition) is 3. The number of hydrogen-bond donors (Lipinski definition) is 2. The van der Waals surface area contributed by atoms with Gasteiger partial charge in [0, 0.05) is 37.1 Å². The van der Waals surface area contributed by atoms with Crippen LogP contribution < -0.4 is 10.6 Å². The lowest BCUT2D eigenvalue weighted by Crippen LogP contribution is -2.40.